The molecule has 0 N–H and O–H groups in total. The van der Waals surface area contributed by atoms with E-state index in [0.717, 1.165) is 0 Å². The number of aromatic nitrogens is 3. The summed E-state index contributed by atoms with van der Waals surface area (Å²) in [5, 5.41) is 0.413. The number of carbonyl (C=O) groups excluding carboxylic acids is 2. The molecule has 0 unspecified atom stereocenters. The Morgan fingerprint density at radius 1 is 0.500 bits per heavy atom. The lowest BCUT2D eigenvalue weighted by molar-refractivity contribution is 0.0926. The third-order valence-electron chi connectivity index (χ3n) is 8.00. The van der Waals surface area contributed by atoms with Gasteiger partial charge in [0.25, 0.3) is 11.8 Å². The Kier molecular flexibility index (Phi) is 6.44. The molecule has 2 amide bonds. The van der Waals surface area contributed by atoms with Gasteiger partial charge in [0.15, 0.2) is 0 Å². The fraction of sp³-hybridized carbons (Fsp3) is 0.121. The second-order valence-corrected chi connectivity index (χ2v) is 11.0. The molecule has 2 aliphatic heterocycles. The minimum absolute atomic E-state index is 0.342. The minimum atomic E-state index is -0.418. The lowest BCUT2D eigenvalue weighted by Gasteiger charge is -2.32. The number of hydrogen-bond acceptors (Lipinski definition) is 9. The summed E-state index contributed by atoms with van der Waals surface area (Å²) in [6, 6.07) is 27.4. The Morgan fingerprint density at radius 3 is 1.20 bits per heavy atom. The smallest absolute Gasteiger partial charge is 0.266 e. The van der Waals surface area contributed by atoms with E-state index in [2.05, 4.69) is 0 Å². The number of amides is 2. The van der Waals surface area contributed by atoms with Gasteiger partial charge in [-0.2, -0.15) is 0 Å². The predicted molar refractivity (Wildman–Crippen MR) is 174 cm³/mol. The summed E-state index contributed by atoms with van der Waals surface area (Å²) in [4.78, 5) is 51.3. The second-order valence-electron chi connectivity index (χ2n) is 10.6. The van der Waals surface area contributed by atoms with Crippen LogP contribution in [0.5, 0.6) is 0 Å². The number of hydrogen-bond donors (Lipinski definition) is 0. The molecule has 2 aliphatic rings. The average Bonchev–Trinajstić information content (AvgIpc) is 3.31. The lowest BCUT2D eigenvalue weighted by Crippen LogP contribution is -2.33. The fourth-order valence-electron chi connectivity index (χ4n) is 5.54. The summed E-state index contributed by atoms with van der Waals surface area (Å²) in [5.41, 5.74) is 2.08. The zero-order valence-electron chi connectivity index (χ0n) is 24.4. The summed E-state index contributed by atoms with van der Waals surface area (Å²) < 4.78 is 0. The van der Waals surface area contributed by atoms with Crippen molar-refractivity contribution in [3.05, 3.63) is 107 Å². The van der Waals surface area contributed by atoms with Gasteiger partial charge < -0.3 is 19.6 Å². The van der Waals surface area contributed by atoms with Gasteiger partial charge in [0.1, 0.15) is 34.9 Å². The summed E-state index contributed by atoms with van der Waals surface area (Å²) in [5.74, 6) is 2.99. The Hall–Kier alpha value is -5.48. The lowest BCUT2D eigenvalue weighted by atomic mass is 10.1. The van der Waals surface area contributed by atoms with Crippen LogP contribution in [0.15, 0.2) is 91.0 Å². The molecule has 2 aromatic carbocycles. The van der Waals surface area contributed by atoms with E-state index in [1.54, 1.807) is 36.4 Å². The number of carbonyl (C=O) groups is 2. The molecule has 0 fully saturated rings. The first-order valence-corrected chi connectivity index (χ1v) is 14.3. The number of anilines is 9. The van der Waals surface area contributed by atoms with Crippen molar-refractivity contribution in [3.63, 3.8) is 0 Å². The van der Waals surface area contributed by atoms with Crippen molar-refractivity contribution in [2.45, 2.75) is 0 Å². The van der Waals surface area contributed by atoms with Crippen LogP contribution in [0.2, 0.25) is 5.02 Å². The van der Waals surface area contributed by atoms with Crippen molar-refractivity contribution >= 4 is 75.4 Å². The molecule has 0 saturated heterocycles. The van der Waals surface area contributed by atoms with Crippen molar-refractivity contribution < 1.29 is 9.59 Å². The van der Waals surface area contributed by atoms with Crippen LogP contribution in [0.25, 0.3) is 0 Å². The van der Waals surface area contributed by atoms with Crippen molar-refractivity contribution in [2.24, 2.45) is 0 Å². The zero-order valence-corrected chi connectivity index (χ0v) is 25.2. The predicted octanol–water partition coefficient (Wildman–Crippen LogP) is 6.71. The molecule has 10 nitrogen and oxygen atoms in total. The molecule has 8 bridgehead atoms. The Morgan fingerprint density at radius 2 is 0.841 bits per heavy atom. The molecular formula is C33H27ClN8O2. The number of fused-ring (bicyclic) bond motifs is 9. The van der Waals surface area contributed by atoms with Gasteiger partial charge in [-0.25, -0.2) is 19.9 Å². The molecule has 0 aliphatic carbocycles. The van der Waals surface area contributed by atoms with E-state index < -0.39 is 11.8 Å². The molecule has 44 heavy (non-hydrogen) atoms. The van der Waals surface area contributed by atoms with Crippen LogP contribution in [0.1, 0.15) is 20.7 Å². The molecule has 218 valence electrons. The van der Waals surface area contributed by atoms with Crippen LogP contribution < -0.4 is 24.5 Å². The van der Waals surface area contributed by atoms with Crippen LogP contribution in [0.3, 0.4) is 0 Å². The molecule has 5 aromatic rings. The third-order valence-corrected chi connectivity index (χ3v) is 8.21. The zero-order chi connectivity index (χ0) is 30.7. The van der Waals surface area contributed by atoms with E-state index in [9.17, 15) is 9.59 Å². The van der Waals surface area contributed by atoms with Crippen LogP contribution in [0, 0.1) is 0 Å². The second kappa shape index (κ2) is 10.4. The van der Waals surface area contributed by atoms with Crippen LogP contribution in [0.4, 0.5) is 52.0 Å². The van der Waals surface area contributed by atoms with Gasteiger partial charge in [0.2, 0.25) is 0 Å². The number of halogens is 1. The highest BCUT2D eigenvalue weighted by atomic mass is 35.5. The van der Waals surface area contributed by atoms with Crippen molar-refractivity contribution in [1.82, 2.24) is 15.0 Å². The number of benzene rings is 2. The van der Waals surface area contributed by atoms with Crippen LogP contribution in [-0.4, -0.2) is 55.0 Å². The van der Waals surface area contributed by atoms with E-state index in [1.807, 2.05) is 102 Å². The molecule has 0 radical (unpaired) electrons. The molecular weight excluding hydrogens is 576 g/mol. The molecule has 5 heterocycles. The number of pyridine rings is 3. The number of imide groups is 1. The highest BCUT2D eigenvalue weighted by molar-refractivity contribution is 6.37. The van der Waals surface area contributed by atoms with Crippen molar-refractivity contribution in [2.75, 3.05) is 52.7 Å². The monoisotopic (exact) mass is 602 g/mol. The summed E-state index contributed by atoms with van der Waals surface area (Å²) in [6.45, 7) is 0. The maximum atomic E-state index is 13.9. The van der Waals surface area contributed by atoms with Gasteiger partial charge in [-0.3, -0.25) is 9.59 Å². The molecule has 3 aromatic heterocycles. The maximum Gasteiger partial charge on any atom is 0.266 e. The number of nitrogens with zero attached hydrogens (tertiary/aromatic N) is 8. The topological polar surface area (TPSA) is 89.0 Å². The first-order chi connectivity index (χ1) is 21.2. The molecule has 11 heteroatoms. The summed E-state index contributed by atoms with van der Waals surface area (Å²) in [7, 11) is 7.46. The highest BCUT2D eigenvalue weighted by Crippen LogP contribution is 2.47. The van der Waals surface area contributed by atoms with Gasteiger partial charge in [-0.1, -0.05) is 41.9 Å². The Labute approximate surface area is 259 Å². The Balaban J connectivity index is 1.51. The summed E-state index contributed by atoms with van der Waals surface area (Å²) in [6.07, 6.45) is 0. The van der Waals surface area contributed by atoms with E-state index in [1.165, 1.54) is 4.90 Å². The average molecular weight is 603 g/mol. The third kappa shape index (κ3) is 4.30. The largest absolute Gasteiger partial charge is 0.327 e. The highest BCUT2D eigenvalue weighted by Gasteiger charge is 2.40. The fourth-order valence-corrected chi connectivity index (χ4v) is 5.75. The van der Waals surface area contributed by atoms with Gasteiger partial charge in [-0.05, 0) is 60.7 Å². The summed E-state index contributed by atoms with van der Waals surface area (Å²) >= 11 is 6.78. The van der Waals surface area contributed by atoms with Crippen molar-refractivity contribution in [1.29, 1.82) is 0 Å². The first-order valence-electron chi connectivity index (χ1n) is 13.9. The van der Waals surface area contributed by atoms with Gasteiger partial charge in [-0.15, -0.1) is 0 Å². The normalized spacial score (nSPS) is 14.3. The van der Waals surface area contributed by atoms with E-state index >= 15 is 0 Å². The van der Waals surface area contributed by atoms with Crippen molar-refractivity contribution in [3.8, 4) is 0 Å². The van der Waals surface area contributed by atoms with Gasteiger partial charge in [0.05, 0.1) is 28.2 Å². The number of rotatable bonds is 1. The van der Waals surface area contributed by atoms with Crippen LogP contribution in [-0.2, 0) is 0 Å². The molecule has 7 rings (SSSR count). The SMILES string of the molecule is CN1c2cccc(n2)N(C)c2cccc(n2)N(C)c2cc(Cl)cc(c2N2C(=O)c3ccccc3C2=O)N(C)c2cccc1n2. The van der Waals surface area contributed by atoms with Gasteiger partial charge in [0, 0.05) is 33.2 Å². The molecule has 0 saturated carbocycles. The molecule has 0 atom stereocenters. The standard InChI is InChI=1S/C33H27ClN8O2/c1-38-23-18-20(34)19-24(31(23)42-32(43)21-10-5-6-11-22(21)33(42)44)39(2)26-13-8-15-28(36-26)41(4)30-17-9-16-29(37-30)40(3)27-14-7-12-25(38)35-27/h5-19H,1-4H3. The van der Waals surface area contributed by atoms with Gasteiger partial charge >= 0.3 is 0 Å². The molecule has 0 spiro atoms. The quantitative estimate of drug-likeness (QED) is 0.194. The Bertz CT molecular complexity index is 1850. The van der Waals surface area contributed by atoms with Crippen LogP contribution >= 0.6 is 11.6 Å². The first kappa shape index (κ1) is 27.4. The van der Waals surface area contributed by atoms with E-state index in [-0.39, 0.29) is 0 Å². The van der Waals surface area contributed by atoms with E-state index in [4.69, 9.17) is 26.6 Å². The minimum Gasteiger partial charge on any atom is -0.327 e. The van der Waals surface area contributed by atoms with E-state index in [0.29, 0.717) is 68.1 Å². The maximum absolute atomic E-state index is 13.9.